The van der Waals surface area contributed by atoms with Gasteiger partial charge in [0.25, 0.3) is 0 Å². The van der Waals surface area contributed by atoms with Gasteiger partial charge in [-0.15, -0.1) is 0 Å². The van der Waals surface area contributed by atoms with Gasteiger partial charge in [0.15, 0.2) is 0 Å². The van der Waals surface area contributed by atoms with Crippen LogP contribution in [0.25, 0.3) is 0 Å². The zero-order valence-corrected chi connectivity index (χ0v) is 17.4. The van der Waals surface area contributed by atoms with E-state index < -0.39 is 0 Å². The average molecular weight is 361 g/mol. The average Bonchev–Trinajstić information content (AvgIpc) is 2.71. The largest absolute Gasteiger partial charge is 0.0951 e. The van der Waals surface area contributed by atoms with E-state index in [0.29, 0.717) is 5.92 Å². The van der Waals surface area contributed by atoms with Gasteiger partial charge >= 0.3 is 0 Å². The molecule has 0 spiro atoms. The van der Waals surface area contributed by atoms with Crippen LogP contribution in [0.5, 0.6) is 0 Å². The van der Waals surface area contributed by atoms with Crippen LogP contribution in [0.2, 0.25) is 0 Å². The quantitative estimate of drug-likeness (QED) is 0.353. The predicted molar refractivity (Wildman–Crippen MR) is 118 cm³/mol. The Kier molecular flexibility index (Phi) is 10.5. The molecule has 1 aromatic rings. The summed E-state index contributed by atoms with van der Waals surface area (Å²) in [5.74, 6) is 14.5. The number of hydrogen-bond donors (Lipinski definition) is 0. The molecular weight excluding hydrogens is 324 g/mol. The first-order chi connectivity index (χ1) is 13.3. The lowest BCUT2D eigenvalue weighted by molar-refractivity contribution is 0.296. The maximum Gasteiger partial charge on any atom is 0.0249 e. The maximum absolute atomic E-state index is 3.42. The van der Waals surface area contributed by atoms with Crippen LogP contribution >= 0.6 is 0 Å². The van der Waals surface area contributed by atoms with E-state index in [1.807, 2.05) is 12.2 Å². The molecule has 0 atom stereocenters. The molecule has 2 rings (SSSR count). The van der Waals surface area contributed by atoms with E-state index in [0.717, 1.165) is 11.5 Å². The molecule has 0 aliphatic heterocycles. The van der Waals surface area contributed by atoms with Gasteiger partial charge in [-0.05, 0) is 74.3 Å². The van der Waals surface area contributed by atoms with Crippen LogP contribution in [-0.2, 0) is 6.42 Å². The molecule has 0 aromatic heterocycles. The van der Waals surface area contributed by atoms with E-state index in [-0.39, 0.29) is 0 Å². The molecule has 0 nitrogen and oxygen atoms in total. The van der Waals surface area contributed by atoms with Crippen molar-refractivity contribution in [2.45, 2.75) is 84.5 Å². The Morgan fingerprint density at radius 1 is 0.852 bits per heavy atom. The number of aryl methyl sites for hydroxylation is 1. The first kappa shape index (κ1) is 21.4. The van der Waals surface area contributed by atoms with E-state index >= 15 is 0 Å². The highest BCUT2D eigenvalue weighted by Crippen LogP contribution is 2.31. The summed E-state index contributed by atoms with van der Waals surface area (Å²) in [6.45, 7) is 4.53. The molecule has 1 aromatic carbocycles. The Labute approximate surface area is 167 Å². The Balaban J connectivity index is 1.70. The van der Waals surface area contributed by atoms with Crippen LogP contribution in [0.4, 0.5) is 0 Å². The zero-order valence-electron chi connectivity index (χ0n) is 17.4. The Morgan fingerprint density at radius 3 is 2.26 bits per heavy atom. The van der Waals surface area contributed by atoms with Gasteiger partial charge in [-0.3, -0.25) is 0 Å². The normalized spacial score (nSPS) is 19.2. The molecule has 1 aliphatic rings. The lowest BCUT2D eigenvalue weighted by atomic mass is 9.80. The van der Waals surface area contributed by atoms with Crippen molar-refractivity contribution in [2.24, 2.45) is 11.8 Å². The van der Waals surface area contributed by atoms with Crippen molar-refractivity contribution in [1.29, 1.82) is 0 Å². The molecule has 0 unspecified atom stereocenters. The van der Waals surface area contributed by atoms with Crippen molar-refractivity contribution < 1.29 is 0 Å². The summed E-state index contributed by atoms with van der Waals surface area (Å²) >= 11 is 0. The summed E-state index contributed by atoms with van der Waals surface area (Å²) in [6.07, 6.45) is 18.3. The molecule has 27 heavy (non-hydrogen) atoms. The highest BCUT2D eigenvalue weighted by molar-refractivity contribution is 5.39. The summed E-state index contributed by atoms with van der Waals surface area (Å²) in [5.41, 5.74) is 2.50. The summed E-state index contributed by atoms with van der Waals surface area (Å²) in [6, 6.07) is 8.68. The smallest absolute Gasteiger partial charge is 0.0249 e. The molecule has 0 bridgehead atoms. The summed E-state index contributed by atoms with van der Waals surface area (Å²) in [7, 11) is 0. The van der Waals surface area contributed by atoms with Gasteiger partial charge in [0.2, 0.25) is 0 Å². The molecule has 1 fully saturated rings. The predicted octanol–water partition coefficient (Wildman–Crippen LogP) is 7.33. The Hall–Kier alpha value is -1.92. The lowest BCUT2D eigenvalue weighted by Crippen LogP contribution is -2.13. The van der Waals surface area contributed by atoms with E-state index in [9.17, 15) is 0 Å². The molecule has 0 amide bonds. The summed E-state index contributed by atoms with van der Waals surface area (Å²) in [5, 5.41) is 0. The van der Waals surface area contributed by atoms with Gasteiger partial charge in [0.1, 0.15) is 0 Å². The maximum atomic E-state index is 3.42. The van der Waals surface area contributed by atoms with Gasteiger partial charge in [0, 0.05) is 11.5 Å². The summed E-state index contributed by atoms with van der Waals surface area (Å²) in [4.78, 5) is 0. The minimum atomic E-state index is 0.598. The fraction of sp³-hybridized carbons (Fsp3) is 0.556. The van der Waals surface area contributed by atoms with Crippen molar-refractivity contribution in [3.05, 3.63) is 47.5 Å². The van der Waals surface area contributed by atoms with Crippen LogP contribution in [0, 0.1) is 35.5 Å². The molecule has 0 N–H and O–H groups in total. The molecule has 144 valence electrons. The van der Waals surface area contributed by atoms with E-state index in [4.69, 9.17) is 0 Å². The van der Waals surface area contributed by atoms with Crippen molar-refractivity contribution in [3.8, 4) is 23.7 Å². The molecule has 0 radical (unpaired) electrons. The Morgan fingerprint density at radius 2 is 1.56 bits per heavy atom. The second-order valence-corrected chi connectivity index (χ2v) is 7.91. The van der Waals surface area contributed by atoms with Crippen molar-refractivity contribution in [2.75, 3.05) is 0 Å². The fourth-order valence-electron chi connectivity index (χ4n) is 3.80. The SMILES string of the molecule is CCCCCc1ccc(C#CC=CC#CC2CCC(CCCC)CC2)cc1. The fourth-order valence-corrected chi connectivity index (χ4v) is 3.80. The van der Waals surface area contributed by atoms with Gasteiger partial charge < -0.3 is 0 Å². The number of allylic oxidation sites excluding steroid dienone is 2. The van der Waals surface area contributed by atoms with Gasteiger partial charge in [-0.2, -0.15) is 0 Å². The number of hydrogen-bond acceptors (Lipinski definition) is 0. The van der Waals surface area contributed by atoms with Crippen LogP contribution in [0.3, 0.4) is 0 Å². The second-order valence-electron chi connectivity index (χ2n) is 7.91. The molecular formula is C27H36. The van der Waals surface area contributed by atoms with Gasteiger partial charge in [-0.1, -0.05) is 81.8 Å². The van der Waals surface area contributed by atoms with Crippen molar-refractivity contribution in [1.82, 2.24) is 0 Å². The third-order valence-electron chi connectivity index (χ3n) is 5.59. The minimum Gasteiger partial charge on any atom is -0.0951 e. The first-order valence-corrected chi connectivity index (χ1v) is 11.1. The molecule has 0 heterocycles. The number of unbranched alkanes of at least 4 members (excludes halogenated alkanes) is 3. The zero-order chi connectivity index (χ0) is 19.2. The minimum absolute atomic E-state index is 0.598. The third kappa shape index (κ3) is 9.02. The monoisotopic (exact) mass is 360 g/mol. The molecule has 1 aliphatic carbocycles. The summed E-state index contributed by atoms with van der Waals surface area (Å²) < 4.78 is 0. The van der Waals surface area contributed by atoms with Crippen LogP contribution < -0.4 is 0 Å². The van der Waals surface area contributed by atoms with Crippen LogP contribution in [0.1, 0.15) is 89.2 Å². The molecule has 0 heteroatoms. The topological polar surface area (TPSA) is 0 Å². The third-order valence-corrected chi connectivity index (χ3v) is 5.59. The van der Waals surface area contributed by atoms with E-state index in [1.54, 1.807) is 0 Å². The highest BCUT2D eigenvalue weighted by Gasteiger charge is 2.18. The lowest BCUT2D eigenvalue weighted by Gasteiger charge is -2.25. The highest BCUT2D eigenvalue weighted by atomic mass is 14.2. The number of rotatable bonds is 7. The second kappa shape index (κ2) is 13.3. The standard InChI is InChI=1S/C27H36/c1-3-5-9-13-25-20-22-27(23-21-25)15-11-8-7-10-14-26-18-16-24(17-19-26)12-6-4-2/h7-8,20-24,26H,3-6,9,12-13,16-19H2,1-2H3. The first-order valence-electron chi connectivity index (χ1n) is 11.1. The van der Waals surface area contributed by atoms with E-state index in [2.05, 4.69) is 61.8 Å². The van der Waals surface area contributed by atoms with Gasteiger partial charge in [-0.25, -0.2) is 0 Å². The van der Waals surface area contributed by atoms with Crippen molar-refractivity contribution >= 4 is 0 Å². The Bertz CT molecular complexity index is 661. The van der Waals surface area contributed by atoms with Gasteiger partial charge in [0.05, 0.1) is 0 Å². The van der Waals surface area contributed by atoms with Crippen molar-refractivity contribution in [3.63, 3.8) is 0 Å². The molecule has 0 saturated heterocycles. The van der Waals surface area contributed by atoms with Crippen LogP contribution in [0.15, 0.2) is 36.4 Å². The van der Waals surface area contributed by atoms with Crippen LogP contribution in [-0.4, -0.2) is 0 Å². The molecule has 1 saturated carbocycles. The van der Waals surface area contributed by atoms with E-state index in [1.165, 1.54) is 76.2 Å². The number of benzene rings is 1.